The molecule has 0 amide bonds. The highest BCUT2D eigenvalue weighted by molar-refractivity contribution is 5.21. The molecule has 0 spiro atoms. The predicted octanol–water partition coefficient (Wildman–Crippen LogP) is 4.50. The molecular formula is C19H25N. The van der Waals surface area contributed by atoms with E-state index in [1.807, 2.05) is 0 Å². The summed E-state index contributed by atoms with van der Waals surface area (Å²) < 4.78 is 0. The van der Waals surface area contributed by atoms with Crippen LogP contribution >= 0.6 is 0 Å². The van der Waals surface area contributed by atoms with Gasteiger partial charge in [-0.1, -0.05) is 60.2 Å². The van der Waals surface area contributed by atoms with Crippen LogP contribution in [0.3, 0.4) is 0 Å². The second-order valence-corrected chi connectivity index (χ2v) is 6.21. The van der Waals surface area contributed by atoms with Crippen LogP contribution in [0, 0.1) is 6.92 Å². The highest BCUT2D eigenvalue weighted by Crippen LogP contribution is 2.14. The van der Waals surface area contributed by atoms with Gasteiger partial charge in [0.05, 0.1) is 0 Å². The van der Waals surface area contributed by atoms with E-state index in [0.717, 1.165) is 19.4 Å². The van der Waals surface area contributed by atoms with E-state index in [2.05, 4.69) is 80.7 Å². The molecule has 106 valence electrons. The smallest absolute Gasteiger partial charge is 0.0210 e. The Morgan fingerprint density at radius 1 is 0.850 bits per heavy atom. The molecule has 0 aliphatic rings. The molecule has 0 saturated carbocycles. The maximum atomic E-state index is 3.66. The van der Waals surface area contributed by atoms with E-state index in [1.54, 1.807) is 0 Å². The van der Waals surface area contributed by atoms with E-state index in [4.69, 9.17) is 0 Å². The maximum absolute atomic E-state index is 3.66. The van der Waals surface area contributed by atoms with Crippen LogP contribution in [0.15, 0.2) is 54.6 Å². The first-order chi connectivity index (χ1) is 9.55. The Balaban J connectivity index is 1.83. The van der Waals surface area contributed by atoms with Gasteiger partial charge >= 0.3 is 0 Å². The summed E-state index contributed by atoms with van der Waals surface area (Å²) in [6.45, 7) is 7.62. The van der Waals surface area contributed by atoms with Gasteiger partial charge in [-0.15, -0.1) is 0 Å². The molecule has 0 unspecified atom stereocenters. The average molecular weight is 267 g/mol. The van der Waals surface area contributed by atoms with Crippen LogP contribution in [0.2, 0.25) is 0 Å². The molecule has 0 bridgehead atoms. The molecule has 0 fully saturated rings. The van der Waals surface area contributed by atoms with Crippen molar-refractivity contribution < 1.29 is 0 Å². The van der Waals surface area contributed by atoms with E-state index in [-0.39, 0.29) is 5.54 Å². The summed E-state index contributed by atoms with van der Waals surface area (Å²) in [5.74, 6) is 0. The van der Waals surface area contributed by atoms with Gasteiger partial charge in [-0.25, -0.2) is 0 Å². The van der Waals surface area contributed by atoms with E-state index >= 15 is 0 Å². The van der Waals surface area contributed by atoms with Crippen molar-refractivity contribution in [2.24, 2.45) is 0 Å². The predicted molar refractivity (Wildman–Crippen MR) is 86.9 cm³/mol. The number of benzene rings is 2. The van der Waals surface area contributed by atoms with Gasteiger partial charge in [0.2, 0.25) is 0 Å². The number of hydrogen-bond acceptors (Lipinski definition) is 1. The third kappa shape index (κ3) is 4.82. The van der Waals surface area contributed by atoms with Crippen LogP contribution < -0.4 is 5.32 Å². The summed E-state index contributed by atoms with van der Waals surface area (Å²) in [6.07, 6.45) is 2.26. The van der Waals surface area contributed by atoms with Crippen molar-refractivity contribution >= 4 is 0 Å². The zero-order valence-corrected chi connectivity index (χ0v) is 12.8. The first-order valence-electron chi connectivity index (χ1n) is 7.40. The van der Waals surface area contributed by atoms with E-state index < -0.39 is 0 Å². The molecular weight excluding hydrogens is 242 g/mol. The van der Waals surface area contributed by atoms with Crippen molar-refractivity contribution in [1.82, 2.24) is 5.32 Å². The van der Waals surface area contributed by atoms with Crippen LogP contribution in [0.25, 0.3) is 0 Å². The highest BCUT2D eigenvalue weighted by Gasteiger charge is 2.16. The summed E-state index contributed by atoms with van der Waals surface area (Å²) in [6, 6.07) is 19.5. The molecule has 0 atom stereocenters. The third-order valence-corrected chi connectivity index (χ3v) is 3.77. The minimum Gasteiger partial charge on any atom is -0.308 e. The molecule has 0 saturated heterocycles. The number of hydrogen-bond donors (Lipinski definition) is 1. The Morgan fingerprint density at radius 2 is 1.50 bits per heavy atom. The van der Waals surface area contributed by atoms with E-state index in [0.29, 0.717) is 0 Å². The topological polar surface area (TPSA) is 12.0 Å². The van der Waals surface area contributed by atoms with E-state index in [1.165, 1.54) is 16.7 Å². The monoisotopic (exact) mass is 267 g/mol. The molecule has 1 nitrogen and oxygen atoms in total. The zero-order chi connectivity index (χ0) is 14.4. The molecule has 1 heteroatoms. The molecule has 2 rings (SSSR count). The van der Waals surface area contributed by atoms with Gasteiger partial charge in [-0.2, -0.15) is 0 Å². The van der Waals surface area contributed by atoms with Gasteiger partial charge in [0, 0.05) is 12.1 Å². The third-order valence-electron chi connectivity index (χ3n) is 3.77. The fourth-order valence-electron chi connectivity index (χ4n) is 2.24. The first kappa shape index (κ1) is 14.8. The Morgan fingerprint density at radius 3 is 2.15 bits per heavy atom. The number of aryl methyl sites for hydroxylation is 2. The number of rotatable bonds is 6. The average Bonchev–Trinajstić information content (AvgIpc) is 2.46. The quantitative estimate of drug-likeness (QED) is 0.812. The summed E-state index contributed by atoms with van der Waals surface area (Å²) in [5, 5.41) is 3.66. The van der Waals surface area contributed by atoms with Crippen molar-refractivity contribution in [3.05, 3.63) is 71.3 Å². The SMILES string of the molecule is Cc1ccc(CNC(C)(C)CCc2ccccc2)cc1. The summed E-state index contributed by atoms with van der Waals surface area (Å²) in [5.41, 5.74) is 4.24. The molecule has 0 aliphatic carbocycles. The lowest BCUT2D eigenvalue weighted by Crippen LogP contribution is -2.39. The highest BCUT2D eigenvalue weighted by atomic mass is 14.9. The summed E-state index contributed by atoms with van der Waals surface area (Å²) in [7, 11) is 0. The second kappa shape index (κ2) is 6.71. The van der Waals surface area contributed by atoms with Crippen molar-refractivity contribution in [2.45, 2.75) is 45.7 Å². The largest absolute Gasteiger partial charge is 0.308 e. The van der Waals surface area contributed by atoms with Crippen molar-refractivity contribution in [2.75, 3.05) is 0 Å². The molecule has 0 aromatic heterocycles. The fourth-order valence-corrected chi connectivity index (χ4v) is 2.24. The molecule has 2 aromatic carbocycles. The Kier molecular flexibility index (Phi) is 4.97. The van der Waals surface area contributed by atoms with Gasteiger partial charge in [0.15, 0.2) is 0 Å². The van der Waals surface area contributed by atoms with Crippen LogP contribution in [-0.2, 0) is 13.0 Å². The molecule has 0 aliphatic heterocycles. The number of nitrogens with one attached hydrogen (secondary N) is 1. The fraction of sp³-hybridized carbons (Fsp3) is 0.368. The lowest BCUT2D eigenvalue weighted by molar-refractivity contribution is 0.360. The van der Waals surface area contributed by atoms with Crippen molar-refractivity contribution in [1.29, 1.82) is 0 Å². The normalized spacial score (nSPS) is 11.6. The molecule has 20 heavy (non-hydrogen) atoms. The molecule has 0 heterocycles. The first-order valence-corrected chi connectivity index (χ1v) is 7.40. The molecule has 1 N–H and O–H groups in total. The van der Waals surface area contributed by atoms with Crippen molar-refractivity contribution in [3.63, 3.8) is 0 Å². The minimum atomic E-state index is 0.153. The van der Waals surface area contributed by atoms with Gasteiger partial charge in [0.25, 0.3) is 0 Å². The van der Waals surface area contributed by atoms with Crippen LogP contribution in [0.4, 0.5) is 0 Å². The van der Waals surface area contributed by atoms with Crippen LogP contribution in [0.5, 0.6) is 0 Å². The standard InChI is InChI=1S/C19H25N/c1-16-9-11-18(12-10-16)15-20-19(2,3)14-13-17-7-5-4-6-8-17/h4-12,20H,13-15H2,1-3H3. The van der Waals surface area contributed by atoms with Gasteiger partial charge in [0.1, 0.15) is 0 Å². The van der Waals surface area contributed by atoms with Gasteiger partial charge < -0.3 is 5.32 Å². The minimum absolute atomic E-state index is 0.153. The van der Waals surface area contributed by atoms with E-state index in [9.17, 15) is 0 Å². The van der Waals surface area contributed by atoms with Crippen LogP contribution in [0.1, 0.15) is 37.0 Å². The van der Waals surface area contributed by atoms with Gasteiger partial charge in [-0.3, -0.25) is 0 Å². The Hall–Kier alpha value is -1.60. The van der Waals surface area contributed by atoms with Crippen molar-refractivity contribution in [3.8, 4) is 0 Å². The second-order valence-electron chi connectivity index (χ2n) is 6.21. The van der Waals surface area contributed by atoms with Crippen LogP contribution in [-0.4, -0.2) is 5.54 Å². The summed E-state index contributed by atoms with van der Waals surface area (Å²) >= 11 is 0. The lowest BCUT2D eigenvalue weighted by Gasteiger charge is -2.26. The molecule has 0 radical (unpaired) electrons. The lowest BCUT2D eigenvalue weighted by atomic mass is 9.95. The Bertz CT molecular complexity index is 511. The maximum Gasteiger partial charge on any atom is 0.0210 e. The Labute approximate surface area is 123 Å². The summed E-state index contributed by atoms with van der Waals surface area (Å²) in [4.78, 5) is 0. The zero-order valence-electron chi connectivity index (χ0n) is 12.8. The molecule has 2 aromatic rings. The van der Waals surface area contributed by atoms with Gasteiger partial charge in [-0.05, 0) is 44.7 Å².